The minimum absolute atomic E-state index is 0.0392. The number of anilines is 1. The molecule has 1 amide bonds. The minimum atomic E-state index is -0.623. The third-order valence-electron chi connectivity index (χ3n) is 7.17. The van der Waals surface area contributed by atoms with E-state index < -0.39 is 11.6 Å². The molecule has 0 radical (unpaired) electrons. The van der Waals surface area contributed by atoms with Gasteiger partial charge >= 0.3 is 0 Å². The van der Waals surface area contributed by atoms with Crippen LogP contribution in [0.1, 0.15) is 45.1 Å². The number of amides is 1. The van der Waals surface area contributed by atoms with E-state index in [0.717, 1.165) is 18.9 Å². The summed E-state index contributed by atoms with van der Waals surface area (Å²) < 4.78 is 27.7. The lowest BCUT2D eigenvalue weighted by Crippen LogP contribution is -2.41. The second-order valence-electron chi connectivity index (χ2n) is 9.62. The van der Waals surface area contributed by atoms with Crippen molar-refractivity contribution in [2.45, 2.75) is 46.1 Å². The van der Waals surface area contributed by atoms with Gasteiger partial charge in [-0.05, 0) is 51.2 Å². The summed E-state index contributed by atoms with van der Waals surface area (Å²) in [7, 11) is 0. The van der Waals surface area contributed by atoms with Crippen molar-refractivity contribution in [3.8, 4) is 0 Å². The van der Waals surface area contributed by atoms with E-state index in [-0.39, 0.29) is 42.8 Å². The van der Waals surface area contributed by atoms with Crippen LogP contribution < -0.4 is 4.90 Å². The average Bonchev–Trinajstić information content (AvgIpc) is 2.90. The Hall–Kier alpha value is -3.75. The van der Waals surface area contributed by atoms with Crippen LogP contribution >= 0.6 is 0 Å². The lowest BCUT2D eigenvalue weighted by Gasteiger charge is -2.35. The third-order valence-corrected chi connectivity index (χ3v) is 7.17. The Balaban J connectivity index is 1.33. The maximum atomic E-state index is 14.3. The number of allylic oxidation sites excluding steroid dienone is 4. The summed E-state index contributed by atoms with van der Waals surface area (Å²) in [4.78, 5) is 49.5. The molecular weight excluding hydrogens is 478 g/mol. The van der Waals surface area contributed by atoms with Crippen LogP contribution in [0.5, 0.6) is 0 Å². The summed E-state index contributed by atoms with van der Waals surface area (Å²) in [6.45, 7) is 5.24. The maximum Gasteiger partial charge on any atom is 0.222 e. The summed E-state index contributed by atoms with van der Waals surface area (Å²) in [5.74, 6) is -0.762. The van der Waals surface area contributed by atoms with Crippen molar-refractivity contribution in [1.29, 1.82) is 0 Å². The number of carbonyl (C=O) groups excluding carboxylic acids is 3. The highest BCUT2D eigenvalue weighted by molar-refractivity contribution is 6.22. The smallest absolute Gasteiger partial charge is 0.222 e. The van der Waals surface area contributed by atoms with Gasteiger partial charge in [0.1, 0.15) is 17.5 Å². The molecule has 0 spiro atoms. The molecular formula is C28H30F2N4O3. The highest BCUT2D eigenvalue weighted by atomic mass is 19.1. The zero-order valence-electron chi connectivity index (χ0n) is 21.0. The van der Waals surface area contributed by atoms with E-state index in [1.165, 1.54) is 18.2 Å². The molecule has 1 aromatic carbocycles. The van der Waals surface area contributed by atoms with Crippen molar-refractivity contribution in [3.63, 3.8) is 0 Å². The minimum Gasteiger partial charge on any atom is -0.351 e. The van der Waals surface area contributed by atoms with Crippen LogP contribution in [0.25, 0.3) is 0 Å². The molecule has 0 N–H and O–H groups in total. The van der Waals surface area contributed by atoms with Gasteiger partial charge < -0.3 is 9.80 Å². The molecule has 194 valence electrons. The maximum absolute atomic E-state index is 14.3. The Kier molecular flexibility index (Phi) is 8.21. The lowest BCUT2D eigenvalue weighted by atomic mass is 9.89. The first-order chi connectivity index (χ1) is 17.7. The largest absolute Gasteiger partial charge is 0.351 e. The van der Waals surface area contributed by atoms with Gasteiger partial charge in [-0.1, -0.05) is 6.07 Å². The Morgan fingerprint density at radius 3 is 2.54 bits per heavy atom. The summed E-state index contributed by atoms with van der Waals surface area (Å²) >= 11 is 0. The van der Waals surface area contributed by atoms with Crippen molar-refractivity contribution in [3.05, 3.63) is 76.8 Å². The molecule has 1 aliphatic carbocycles. The van der Waals surface area contributed by atoms with Gasteiger partial charge in [0.25, 0.3) is 0 Å². The molecule has 0 bridgehead atoms. The predicted molar refractivity (Wildman–Crippen MR) is 134 cm³/mol. The normalized spacial score (nSPS) is 16.8. The van der Waals surface area contributed by atoms with Gasteiger partial charge in [-0.25, -0.2) is 13.8 Å². The molecule has 1 fully saturated rings. The van der Waals surface area contributed by atoms with Crippen molar-refractivity contribution >= 4 is 23.3 Å². The van der Waals surface area contributed by atoms with Crippen molar-refractivity contribution in [2.24, 2.45) is 5.92 Å². The number of benzene rings is 1. The van der Waals surface area contributed by atoms with Crippen LogP contribution in [0, 0.1) is 17.6 Å². The number of likely N-dealkylation sites (tertiary alicyclic amines) is 1. The summed E-state index contributed by atoms with van der Waals surface area (Å²) in [5.41, 5.74) is 1.66. The van der Waals surface area contributed by atoms with Crippen LogP contribution in [0.4, 0.5) is 14.6 Å². The predicted octanol–water partition coefficient (Wildman–Crippen LogP) is 4.19. The van der Waals surface area contributed by atoms with Gasteiger partial charge in [0, 0.05) is 73.3 Å². The van der Waals surface area contributed by atoms with E-state index in [1.807, 2.05) is 4.90 Å². The number of hydrogen-bond donors (Lipinski definition) is 0. The SMILES string of the molecule is CC1=C(C)C(=O)C(CCC(=O)N2CCC(CN(Cc3ccc(F)cc3F)c3cnccn3)CC2)=CC1=O. The van der Waals surface area contributed by atoms with Crippen LogP contribution in [-0.2, 0) is 20.9 Å². The standard InChI is InChI=1S/C28H30F2N4O3/c1-18-19(2)28(37)21(13-25(18)35)4-6-27(36)33-11-7-20(8-12-33)16-34(26-15-31-9-10-32-26)17-22-3-5-23(29)14-24(22)30/h3,5,9-10,13-15,20H,4,6-8,11-12,16-17H2,1-2H3. The molecule has 0 saturated carbocycles. The fourth-order valence-electron chi connectivity index (χ4n) is 4.74. The molecule has 7 nitrogen and oxygen atoms in total. The van der Waals surface area contributed by atoms with E-state index in [0.29, 0.717) is 47.7 Å². The number of piperidine rings is 1. The van der Waals surface area contributed by atoms with Crippen molar-refractivity contribution in [1.82, 2.24) is 14.9 Å². The first-order valence-corrected chi connectivity index (χ1v) is 12.4. The topological polar surface area (TPSA) is 83.5 Å². The number of aromatic nitrogens is 2. The van der Waals surface area contributed by atoms with Gasteiger partial charge in [-0.3, -0.25) is 19.4 Å². The van der Waals surface area contributed by atoms with Crippen molar-refractivity contribution < 1.29 is 23.2 Å². The highest BCUT2D eigenvalue weighted by Crippen LogP contribution is 2.25. The molecule has 2 heterocycles. The van der Waals surface area contributed by atoms with Crippen LogP contribution in [0.15, 0.2) is 59.6 Å². The number of halogens is 2. The Morgan fingerprint density at radius 1 is 1.11 bits per heavy atom. The quantitative estimate of drug-likeness (QED) is 0.497. The van der Waals surface area contributed by atoms with E-state index >= 15 is 0 Å². The number of rotatable bonds is 8. The van der Waals surface area contributed by atoms with Crippen molar-refractivity contribution in [2.75, 3.05) is 24.5 Å². The van der Waals surface area contributed by atoms with Gasteiger partial charge in [0.15, 0.2) is 11.6 Å². The van der Waals surface area contributed by atoms with Gasteiger partial charge in [0.05, 0.1) is 6.20 Å². The van der Waals surface area contributed by atoms with E-state index in [9.17, 15) is 23.2 Å². The number of nitrogens with zero attached hydrogens (tertiary/aromatic N) is 4. The number of carbonyl (C=O) groups is 3. The highest BCUT2D eigenvalue weighted by Gasteiger charge is 2.27. The second-order valence-corrected chi connectivity index (χ2v) is 9.62. The monoisotopic (exact) mass is 508 g/mol. The summed E-state index contributed by atoms with van der Waals surface area (Å²) in [6.07, 6.45) is 8.05. The Bertz CT molecular complexity index is 1250. The van der Waals surface area contributed by atoms with Crippen LogP contribution in [-0.4, -0.2) is 52.0 Å². The molecule has 2 aromatic rings. The number of Topliss-reactive ketones (excluding diaryl/α,β-unsaturated/α-hetero) is 1. The molecule has 0 atom stereocenters. The molecule has 1 aromatic heterocycles. The molecule has 4 rings (SSSR count). The Labute approximate surface area is 214 Å². The van der Waals surface area contributed by atoms with Gasteiger partial charge in [0.2, 0.25) is 5.91 Å². The van der Waals surface area contributed by atoms with Crippen LogP contribution in [0.3, 0.4) is 0 Å². The summed E-state index contributed by atoms with van der Waals surface area (Å²) in [5, 5.41) is 0. The molecule has 37 heavy (non-hydrogen) atoms. The fourth-order valence-corrected chi connectivity index (χ4v) is 4.74. The second kappa shape index (κ2) is 11.5. The molecule has 9 heteroatoms. The number of ketones is 2. The Morgan fingerprint density at radius 2 is 1.86 bits per heavy atom. The molecule has 0 unspecified atom stereocenters. The van der Waals surface area contributed by atoms with Gasteiger partial charge in [-0.15, -0.1) is 0 Å². The van der Waals surface area contributed by atoms with E-state index in [1.54, 1.807) is 37.3 Å². The summed E-state index contributed by atoms with van der Waals surface area (Å²) in [6, 6.07) is 3.55. The number of hydrogen-bond acceptors (Lipinski definition) is 6. The molecule has 1 saturated heterocycles. The zero-order chi connectivity index (χ0) is 26.5. The lowest BCUT2D eigenvalue weighted by molar-refractivity contribution is -0.132. The first kappa shape index (κ1) is 26.3. The average molecular weight is 509 g/mol. The van der Waals surface area contributed by atoms with E-state index in [4.69, 9.17) is 0 Å². The van der Waals surface area contributed by atoms with Gasteiger partial charge in [-0.2, -0.15) is 0 Å². The molecule has 1 aliphatic heterocycles. The van der Waals surface area contributed by atoms with Crippen LogP contribution in [0.2, 0.25) is 0 Å². The fraction of sp³-hybridized carbons (Fsp3) is 0.393. The zero-order valence-corrected chi connectivity index (χ0v) is 21.0. The molecule has 2 aliphatic rings. The third kappa shape index (κ3) is 6.34. The van der Waals surface area contributed by atoms with E-state index in [2.05, 4.69) is 9.97 Å². The first-order valence-electron chi connectivity index (χ1n) is 12.4.